The molecule has 0 aliphatic carbocycles. The van der Waals surface area contributed by atoms with Crippen molar-refractivity contribution in [1.82, 2.24) is 10.5 Å². The fourth-order valence-electron chi connectivity index (χ4n) is 1.64. The molecule has 1 aromatic heterocycles. The van der Waals surface area contributed by atoms with Crippen LogP contribution in [0.15, 0.2) is 28.8 Å². The summed E-state index contributed by atoms with van der Waals surface area (Å²) in [5.41, 5.74) is 8.52. The van der Waals surface area contributed by atoms with Crippen LogP contribution in [0.4, 0.5) is 5.69 Å². The Hall–Kier alpha value is -2.30. The summed E-state index contributed by atoms with van der Waals surface area (Å²) in [6, 6.07) is 7.15. The van der Waals surface area contributed by atoms with Gasteiger partial charge >= 0.3 is 0 Å². The first-order valence-corrected chi connectivity index (χ1v) is 5.63. The van der Waals surface area contributed by atoms with E-state index in [2.05, 4.69) is 10.5 Å². The van der Waals surface area contributed by atoms with Crippen LogP contribution in [-0.4, -0.2) is 11.1 Å². The van der Waals surface area contributed by atoms with E-state index in [1.165, 1.54) is 0 Å². The topological polar surface area (TPSA) is 81.2 Å². The lowest BCUT2D eigenvalue weighted by molar-refractivity contribution is 0.0948. The molecule has 2 rings (SSSR count). The van der Waals surface area contributed by atoms with Gasteiger partial charge in [-0.2, -0.15) is 0 Å². The standard InChI is InChI=1S/C13H15N3O2/c1-8-4-3-5-11(12(8)14)13(17)15-7-10-6-9(2)16-18-10/h3-6H,7,14H2,1-2H3,(H,15,17). The molecule has 0 saturated heterocycles. The van der Waals surface area contributed by atoms with Crippen molar-refractivity contribution in [2.24, 2.45) is 0 Å². The van der Waals surface area contributed by atoms with Crippen LogP contribution < -0.4 is 11.1 Å². The highest BCUT2D eigenvalue weighted by molar-refractivity contribution is 5.99. The number of para-hydroxylation sites is 1. The maximum atomic E-state index is 11.9. The minimum Gasteiger partial charge on any atom is -0.398 e. The smallest absolute Gasteiger partial charge is 0.253 e. The van der Waals surface area contributed by atoms with E-state index in [4.69, 9.17) is 10.3 Å². The zero-order valence-corrected chi connectivity index (χ0v) is 10.4. The molecular formula is C13H15N3O2. The van der Waals surface area contributed by atoms with Gasteiger partial charge in [0, 0.05) is 11.8 Å². The molecule has 2 aromatic rings. The predicted molar refractivity (Wildman–Crippen MR) is 68.0 cm³/mol. The highest BCUT2D eigenvalue weighted by Gasteiger charge is 2.11. The van der Waals surface area contributed by atoms with Gasteiger partial charge in [-0.25, -0.2) is 0 Å². The minimum atomic E-state index is -0.217. The number of carbonyl (C=O) groups is 1. The molecule has 0 aliphatic heterocycles. The molecule has 0 fully saturated rings. The largest absolute Gasteiger partial charge is 0.398 e. The number of hydrogen-bond donors (Lipinski definition) is 2. The van der Waals surface area contributed by atoms with Crippen molar-refractivity contribution in [3.05, 3.63) is 46.8 Å². The van der Waals surface area contributed by atoms with Gasteiger partial charge in [0.1, 0.15) is 0 Å². The van der Waals surface area contributed by atoms with Crippen LogP contribution in [0.1, 0.15) is 27.4 Å². The van der Waals surface area contributed by atoms with Crippen LogP contribution >= 0.6 is 0 Å². The number of nitrogens with zero attached hydrogens (tertiary/aromatic N) is 1. The summed E-state index contributed by atoms with van der Waals surface area (Å²) in [7, 11) is 0. The van der Waals surface area contributed by atoms with Crippen LogP contribution in [0.5, 0.6) is 0 Å². The fourth-order valence-corrected chi connectivity index (χ4v) is 1.64. The third kappa shape index (κ3) is 2.51. The number of anilines is 1. The quantitative estimate of drug-likeness (QED) is 0.808. The Morgan fingerprint density at radius 1 is 1.44 bits per heavy atom. The molecule has 18 heavy (non-hydrogen) atoms. The van der Waals surface area contributed by atoms with Crippen LogP contribution in [0.2, 0.25) is 0 Å². The van der Waals surface area contributed by atoms with Crippen LogP contribution in [0.25, 0.3) is 0 Å². The van der Waals surface area contributed by atoms with Crippen molar-refractivity contribution >= 4 is 11.6 Å². The van der Waals surface area contributed by atoms with Gasteiger partial charge in [0.25, 0.3) is 5.91 Å². The number of carbonyl (C=O) groups excluding carboxylic acids is 1. The van der Waals surface area contributed by atoms with Crippen LogP contribution in [0.3, 0.4) is 0 Å². The molecule has 0 saturated carbocycles. The van der Waals surface area contributed by atoms with Crippen molar-refractivity contribution in [3.8, 4) is 0 Å². The van der Waals surface area contributed by atoms with Crippen molar-refractivity contribution in [1.29, 1.82) is 0 Å². The molecule has 5 heteroatoms. The number of rotatable bonds is 3. The van der Waals surface area contributed by atoms with E-state index >= 15 is 0 Å². The summed E-state index contributed by atoms with van der Waals surface area (Å²) in [6.07, 6.45) is 0. The summed E-state index contributed by atoms with van der Waals surface area (Å²) in [4.78, 5) is 11.9. The summed E-state index contributed by atoms with van der Waals surface area (Å²) >= 11 is 0. The molecule has 3 N–H and O–H groups in total. The van der Waals surface area contributed by atoms with Crippen molar-refractivity contribution < 1.29 is 9.32 Å². The molecular weight excluding hydrogens is 230 g/mol. The second kappa shape index (κ2) is 4.91. The minimum absolute atomic E-state index is 0.217. The second-order valence-electron chi connectivity index (χ2n) is 4.15. The lowest BCUT2D eigenvalue weighted by Crippen LogP contribution is -2.23. The first-order chi connectivity index (χ1) is 8.58. The third-order valence-corrected chi connectivity index (χ3v) is 2.67. The average molecular weight is 245 g/mol. The Balaban J connectivity index is 2.06. The van der Waals surface area contributed by atoms with E-state index in [0.717, 1.165) is 11.3 Å². The Morgan fingerprint density at radius 3 is 2.89 bits per heavy atom. The van der Waals surface area contributed by atoms with Gasteiger partial charge in [0.05, 0.1) is 17.8 Å². The van der Waals surface area contributed by atoms with Crippen molar-refractivity contribution in [2.45, 2.75) is 20.4 Å². The van der Waals surface area contributed by atoms with Gasteiger partial charge in [0.2, 0.25) is 0 Å². The summed E-state index contributed by atoms with van der Waals surface area (Å²) in [6.45, 7) is 3.99. The van der Waals surface area contributed by atoms with Crippen molar-refractivity contribution in [3.63, 3.8) is 0 Å². The van der Waals surface area contributed by atoms with Gasteiger partial charge in [-0.1, -0.05) is 17.3 Å². The lowest BCUT2D eigenvalue weighted by Gasteiger charge is -2.07. The van der Waals surface area contributed by atoms with E-state index in [1.807, 2.05) is 19.9 Å². The second-order valence-corrected chi connectivity index (χ2v) is 4.15. The predicted octanol–water partition coefficient (Wildman–Crippen LogP) is 1.80. The highest BCUT2D eigenvalue weighted by atomic mass is 16.5. The molecule has 0 bridgehead atoms. The monoisotopic (exact) mass is 245 g/mol. The lowest BCUT2D eigenvalue weighted by atomic mass is 10.1. The zero-order chi connectivity index (χ0) is 13.1. The number of nitrogens with one attached hydrogen (secondary N) is 1. The van der Waals surface area contributed by atoms with E-state index in [1.54, 1.807) is 18.2 Å². The number of aromatic nitrogens is 1. The van der Waals surface area contributed by atoms with E-state index < -0.39 is 0 Å². The van der Waals surface area contributed by atoms with Crippen LogP contribution in [0, 0.1) is 13.8 Å². The fraction of sp³-hybridized carbons (Fsp3) is 0.231. The number of amides is 1. The van der Waals surface area contributed by atoms with E-state index in [0.29, 0.717) is 23.6 Å². The maximum Gasteiger partial charge on any atom is 0.253 e. The molecule has 0 aliphatic rings. The van der Waals surface area contributed by atoms with Gasteiger partial charge in [0.15, 0.2) is 5.76 Å². The van der Waals surface area contributed by atoms with Gasteiger partial charge in [-0.15, -0.1) is 0 Å². The van der Waals surface area contributed by atoms with Gasteiger partial charge in [-0.3, -0.25) is 4.79 Å². The molecule has 1 heterocycles. The third-order valence-electron chi connectivity index (χ3n) is 2.67. The Labute approximate surface area is 105 Å². The van der Waals surface area contributed by atoms with Gasteiger partial charge < -0.3 is 15.6 Å². The number of nitrogen functional groups attached to an aromatic ring is 1. The SMILES string of the molecule is Cc1cc(CNC(=O)c2cccc(C)c2N)on1. The molecule has 0 spiro atoms. The zero-order valence-electron chi connectivity index (χ0n) is 10.4. The number of aryl methyl sites for hydroxylation is 2. The Kier molecular flexibility index (Phi) is 3.32. The normalized spacial score (nSPS) is 10.3. The Morgan fingerprint density at radius 2 is 2.22 bits per heavy atom. The molecule has 0 unspecified atom stereocenters. The maximum absolute atomic E-state index is 11.9. The molecule has 1 amide bonds. The molecule has 94 valence electrons. The number of hydrogen-bond acceptors (Lipinski definition) is 4. The summed E-state index contributed by atoms with van der Waals surface area (Å²) in [5.74, 6) is 0.400. The molecule has 1 aromatic carbocycles. The van der Waals surface area contributed by atoms with Gasteiger partial charge in [-0.05, 0) is 25.5 Å². The Bertz CT molecular complexity index is 575. The molecule has 5 nitrogen and oxygen atoms in total. The average Bonchev–Trinajstić information content (AvgIpc) is 2.76. The number of benzene rings is 1. The van der Waals surface area contributed by atoms with E-state index in [-0.39, 0.29) is 5.91 Å². The summed E-state index contributed by atoms with van der Waals surface area (Å²) < 4.78 is 5.01. The summed E-state index contributed by atoms with van der Waals surface area (Å²) in [5, 5.41) is 6.49. The number of nitrogens with two attached hydrogens (primary N) is 1. The first-order valence-electron chi connectivity index (χ1n) is 5.63. The molecule has 0 atom stereocenters. The first kappa shape index (κ1) is 12.2. The van der Waals surface area contributed by atoms with Crippen LogP contribution in [-0.2, 0) is 6.54 Å². The molecule has 0 radical (unpaired) electrons. The van der Waals surface area contributed by atoms with E-state index in [9.17, 15) is 4.79 Å². The highest BCUT2D eigenvalue weighted by Crippen LogP contribution is 2.16. The van der Waals surface area contributed by atoms with Crippen molar-refractivity contribution in [2.75, 3.05) is 5.73 Å².